The summed E-state index contributed by atoms with van der Waals surface area (Å²) in [6.45, 7) is 2.01. The molecule has 0 heterocycles. The van der Waals surface area contributed by atoms with E-state index in [1.165, 1.54) is 0 Å². The molecule has 94 valence electrons. The van der Waals surface area contributed by atoms with E-state index in [-0.39, 0.29) is 18.8 Å². The number of carbonyl (C=O) groups is 1. The summed E-state index contributed by atoms with van der Waals surface area (Å²) in [5, 5.41) is 0. The summed E-state index contributed by atoms with van der Waals surface area (Å²) >= 11 is 0. The fraction of sp³-hybridized carbons (Fsp3) is 0.909. The van der Waals surface area contributed by atoms with Gasteiger partial charge in [0.2, 0.25) is 5.92 Å². The lowest BCUT2D eigenvalue weighted by atomic mass is 9.83. The Morgan fingerprint density at radius 3 is 2.56 bits per heavy atom. The van der Waals surface area contributed by atoms with Crippen LogP contribution < -0.4 is 5.73 Å². The number of ether oxygens (including phenoxy) is 1. The van der Waals surface area contributed by atoms with Crippen LogP contribution in [-0.2, 0) is 9.53 Å². The molecule has 2 N–H and O–H groups in total. The van der Waals surface area contributed by atoms with Crippen molar-refractivity contribution in [3.63, 3.8) is 0 Å². The van der Waals surface area contributed by atoms with Gasteiger partial charge in [-0.05, 0) is 32.1 Å². The molecule has 1 saturated carbocycles. The van der Waals surface area contributed by atoms with E-state index in [1.54, 1.807) is 6.92 Å². The van der Waals surface area contributed by atoms with E-state index >= 15 is 0 Å². The molecule has 5 heteroatoms. The minimum absolute atomic E-state index is 0.0901. The Morgan fingerprint density at radius 1 is 1.50 bits per heavy atom. The zero-order chi connectivity index (χ0) is 12.2. The number of hydrogen-bond donors (Lipinski definition) is 1. The highest BCUT2D eigenvalue weighted by Gasteiger charge is 2.35. The maximum Gasteiger partial charge on any atom is 0.322 e. The molecule has 1 atom stereocenters. The lowest BCUT2D eigenvalue weighted by molar-refractivity contribution is -0.145. The molecule has 0 unspecified atom stereocenters. The maximum atomic E-state index is 12.9. The highest BCUT2D eigenvalue weighted by atomic mass is 19.3. The van der Waals surface area contributed by atoms with Crippen LogP contribution in [0.4, 0.5) is 8.78 Å². The zero-order valence-corrected chi connectivity index (χ0v) is 9.55. The molecule has 0 radical (unpaired) electrons. The molecule has 0 saturated heterocycles. The van der Waals surface area contributed by atoms with Crippen molar-refractivity contribution in [1.29, 1.82) is 0 Å². The lowest BCUT2D eigenvalue weighted by Gasteiger charge is -2.29. The van der Waals surface area contributed by atoms with E-state index in [2.05, 4.69) is 0 Å². The summed E-state index contributed by atoms with van der Waals surface area (Å²) in [6.07, 6.45) is 1.16. The third-order valence-electron chi connectivity index (χ3n) is 3.01. The van der Waals surface area contributed by atoms with Gasteiger partial charge < -0.3 is 10.5 Å². The molecule has 1 rings (SSSR count). The summed E-state index contributed by atoms with van der Waals surface area (Å²) in [7, 11) is 0. The first-order chi connectivity index (χ1) is 7.44. The van der Waals surface area contributed by atoms with Crippen molar-refractivity contribution >= 4 is 5.97 Å². The van der Waals surface area contributed by atoms with Gasteiger partial charge in [-0.15, -0.1) is 0 Å². The van der Waals surface area contributed by atoms with E-state index < -0.39 is 17.9 Å². The molecule has 1 fully saturated rings. The Morgan fingerprint density at radius 2 is 2.06 bits per heavy atom. The minimum Gasteiger partial charge on any atom is -0.465 e. The predicted octanol–water partition coefficient (Wildman–Crippen LogP) is 2.09. The monoisotopic (exact) mass is 235 g/mol. The topological polar surface area (TPSA) is 52.3 Å². The Labute approximate surface area is 94.3 Å². The van der Waals surface area contributed by atoms with Crippen molar-refractivity contribution in [2.75, 3.05) is 6.61 Å². The van der Waals surface area contributed by atoms with Gasteiger partial charge in [-0.2, -0.15) is 0 Å². The van der Waals surface area contributed by atoms with Crippen molar-refractivity contribution < 1.29 is 18.3 Å². The van der Waals surface area contributed by atoms with Crippen LogP contribution in [0, 0.1) is 5.92 Å². The molecular weight excluding hydrogens is 216 g/mol. The van der Waals surface area contributed by atoms with E-state index in [0.717, 1.165) is 0 Å². The molecule has 0 amide bonds. The summed E-state index contributed by atoms with van der Waals surface area (Å²) in [4.78, 5) is 11.2. The van der Waals surface area contributed by atoms with Crippen molar-refractivity contribution in [3.05, 3.63) is 0 Å². The van der Waals surface area contributed by atoms with Gasteiger partial charge in [0.1, 0.15) is 6.04 Å². The van der Waals surface area contributed by atoms with Crippen molar-refractivity contribution in [1.82, 2.24) is 0 Å². The largest absolute Gasteiger partial charge is 0.465 e. The van der Waals surface area contributed by atoms with Gasteiger partial charge in [-0.1, -0.05) is 0 Å². The standard InChI is InChI=1S/C11H19F2NO2/c1-2-16-10(15)9(14)7-8-3-5-11(12,13)6-4-8/h8-9H,2-7,14H2,1H3/t9-/m1/s1. The van der Waals surface area contributed by atoms with Gasteiger partial charge in [-0.25, -0.2) is 8.78 Å². The molecule has 16 heavy (non-hydrogen) atoms. The number of hydrogen-bond acceptors (Lipinski definition) is 3. The van der Waals surface area contributed by atoms with Crippen LogP contribution in [0.3, 0.4) is 0 Å². The second kappa shape index (κ2) is 5.57. The lowest BCUT2D eigenvalue weighted by Crippen LogP contribution is -2.36. The normalized spacial score (nSPS) is 22.8. The van der Waals surface area contributed by atoms with Crippen molar-refractivity contribution in [3.8, 4) is 0 Å². The Balaban J connectivity index is 2.30. The maximum absolute atomic E-state index is 12.9. The van der Waals surface area contributed by atoms with Gasteiger partial charge in [-0.3, -0.25) is 4.79 Å². The van der Waals surface area contributed by atoms with Gasteiger partial charge >= 0.3 is 5.97 Å². The van der Waals surface area contributed by atoms with Crippen LogP contribution in [-0.4, -0.2) is 24.5 Å². The van der Waals surface area contributed by atoms with Crippen molar-refractivity contribution in [2.24, 2.45) is 11.7 Å². The van der Waals surface area contributed by atoms with Crippen LogP contribution in [0.15, 0.2) is 0 Å². The number of esters is 1. The van der Waals surface area contributed by atoms with Gasteiger partial charge in [0, 0.05) is 12.8 Å². The number of nitrogens with two attached hydrogens (primary N) is 1. The van der Waals surface area contributed by atoms with Crippen LogP contribution in [0.1, 0.15) is 39.0 Å². The third kappa shape index (κ3) is 4.04. The first-order valence-electron chi connectivity index (χ1n) is 5.74. The first kappa shape index (κ1) is 13.4. The summed E-state index contributed by atoms with van der Waals surface area (Å²) in [5.41, 5.74) is 5.64. The zero-order valence-electron chi connectivity index (χ0n) is 9.55. The van der Waals surface area contributed by atoms with Crippen LogP contribution >= 0.6 is 0 Å². The summed E-state index contributed by atoms with van der Waals surface area (Å²) in [5.74, 6) is -2.83. The van der Waals surface area contributed by atoms with E-state index in [1.807, 2.05) is 0 Å². The average molecular weight is 235 g/mol. The van der Waals surface area contributed by atoms with Crippen LogP contribution in [0.5, 0.6) is 0 Å². The smallest absolute Gasteiger partial charge is 0.322 e. The van der Waals surface area contributed by atoms with Gasteiger partial charge in [0.05, 0.1) is 6.61 Å². The van der Waals surface area contributed by atoms with Crippen LogP contribution in [0.2, 0.25) is 0 Å². The summed E-state index contributed by atoms with van der Waals surface area (Å²) in [6, 6.07) is -0.670. The highest BCUT2D eigenvalue weighted by molar-refractivity contribution is 5.75. The number of rotatable bonds is 4. The molecule has 1 aliphatic rings. The molecule has 1 aliphatic carbocycles. The molecule has 0 aliphatic heterocycles. The van der Waals surface area contributed by atoms with Crippen LogP contribution in [0.25, 0.3) is 0 Å². The highest BCUT2D eigenvalue weighted by Crippen LogP contribution is 2.37. The SMILES string of the molecule is CCOC(=O)[C@H](N)CC1CCC(F)(F)CC1. The fourth-order valence-corrected chi connectivity index (χ4v) is 2.04. The molecular formula is C11H19F2NO2. The van der Waals surface area contributed by atoms with Gasteiger partial charge in [0.15, 0.2) is 0 Å². The molecule has 0 aromatic rings. The predicted molar refractivity (Wildman–Crippen MR) is 56.1 cm³/mol. The number of carbonyl (C=O) groups excluding carboxylic acids is 1. The Bertz CT molecular complexity index is 236. The second-order valence-electron chi connectivity index (χ2n) is 4.39. The van der Waals surface area contributed by atoms with E-state index in [4.69, 9.17) is 10.5 Å². The minimum atomic E-state index is -2.52. The molecule has 0 aromatic heterocycles. The number of halogens is 2. The second-order valence-corrected chi connectivity index (χ2v) is 4.39. The third-order valence-corrected chi connectivity index (χ3v) is 3.01. The fourth-order valence-electron chi connectivity index (χ4n) is 2.04. The number of alkyl halides is 2. The van der Waals surface area contributed by atoms with Crippen molar-refractivity contribution in [2.45, 2.75) is 51.0 Å². The molecule has 0 aromatic carbocycles. The average Bonchev–Trinajstić information content (AvgIpc) is 2.21. The quantitative estimate of drug-likeness (QED) is 0.759. The van der Waals surface area contributed by atoms with Gasteiger partial charge in [0.25, 0.3) is 0 Å². The van der Waals surface area contributed by atoms with E-state index in [0.29, 0.717) is 25.9 Å². The summed E-state index contributed by atoms with van der Waals surface area (Å²) < 4.78 is 30.5. The van der Waals surface area contributed by atoms with E-state index in [9.17, 15) is 13.6 Å². The Hall–Kier alpha value is -0.710. The molecule has 3 nitrogen and oxygen atoms in total. The molecule has 0 spiro atoms. The Kier molecular flexibility index (Phi) is 4.65. The first-order valence-corrected chi connectivity index (χ1v) is 5.74. The molecule has 0 bridgehead atoms.